The summed E-state index contributed by atoms with van der Waals surface area (Å²) in [7, 11) is 0. The van der Waals surface area contributed by atoms with Crippen molar-refractivity contribution < 1.29 is 4.39 Å². The highest BCUT2D eigenvalue weighted by Gasteiger charge is 2.28. The van der Waals surface area contributed by atoms with E-state index < -0.39 is 0 Å². The third kappa shape index (κ3) is 4.51. The Morgan fingerprint density at radius 3 is 2.38 bits per heavy atom. The van der Waals surface area contributed by atoms with Crippen molar-refractivity contribution in [2.24, 2.45) is 23.6 Å². The van der Waals surface area contributed by atoms with Crippen LogP contribution >= 0.6 is 15.9 Å². The van der Waals surface area contributed by atoms with E-state index in [1.807, 2.05) is 12.1 Å². The van der Waals surface area contributed by atoms with E-state index in [9.17, 15) is 4.39 Å². The normalized spacial score (nSPS) is 24.3. The summed E-state index contributed by atoms with van der Waals surface area (Å²) in [6.07, 6.45) is 5.57. The lowest BCUT2D eigenvalue weighted by molar-refractivity contribution is 0.187. The Hall–Kier alpha value is -0.450. The van der Waals surface area contributed by atoms with Gasteiger partial charge in [-0.3, -0.25) is 11.3 Å². The summed E-state index contributed by atoms with van der Waals surface area (Å²) in [6.45, 7) is 4.61. The van der Waals surface area contributed by atoms with Gasteiger partial charge in [0.15, 0.2) is 0 Å². The summed E-state index contributed by atoms with van der Waals surface area (Å²) < 4.78 is 14.8. The summed E-state index contributed by atoms with van der Waals surface area (Å²) in [6, 6.07) is 5.43. The van der Waals surface area contributed by atoms with Crippen molar-refractivity contribution in [1.29, 1.82) is 0 Å². The van der Waals surface area contributed by atoms with Crippen molar-refractivity contribution >= 4 is 15.9 Å². The predicted molar refractivity (Wildman–Crippen MR) is 89.2 cm³/mol. The molecule has 1 unspecified atom stereocenters. The molecule has 0 saturated heterocycles. The molecule has 1 atom stereocenters. The van der Waals surface area contributed by atoms with Gasteiger partial charge in [0, 0.05) is 10.5 Å². The molecule has 1 saturated carbocycles. The molecule has 0 amide bonds. The van der Waals surface area contributed by atoms with Gasteiger partial charge in [0.1, 0.15) is 5.82 Å². The van der Waals surface area contributed by atoms with Gasteiger partial charge in [0.2, 0.25) is 0 Å². The van der Waals surface area contributed by atoms with Crippen LogP contribution in [0.4, 0.5) is 4.39 Å². The molecule has 0 heterocycles. The first-order valence-corrected chi connectivity index (χ1v) is 8.70. The van der Waals surface area contributed by atoms with E-state index in [1.54, 1.807) is 0 Å². The molecule has 1 aliphatic carbocycles. The molecule has 2 nitrogen and oxygen atoms in total. The number of hydrogen-bond donors (Lipinski definition) is 2. The Labute approximate surface area is 135 Å². The Morgan fingerprint density at radius 2 is 1.86 bits per heavy atom. The zero-order valence-electron chi connectivity index (χ0n) is 12.9. The molecule has 1 fully saturated rings. The standard InChI is InChI=1S/C17H26BrFN2/c1-11(2)12-3-5-13(6-4-12)17(21-20)9-14-7-8-15(18)10-16(14)19/h7-8,10-13,17,21H,3-6,9,20H2,1-2H3. The third-order valence-corrected chi connectivity index (χ3v) is 5.49. The van der Waals surface area contributed by atoms with Crippen LogP contribution in [0.2, 0.25) is 0 Å². The van der Waals surface area contributed by atoms with Crippen molar-refractivity contribution in [3.63, 3.8) is 0 Å². The fourth-order valence-electron chi connectivity index (χ4n) is 3.50. The smallest absolute Gasteiger partial charge is 0.127 e. The molecule has 21 heavy (non-hydrogen) atoms. The summed E-state index contributed by atoms with van der Waals surface area (Å²) >= 11 is 3.30. The SMILES string of the molecule is CC(C)C1CCC(C(Cc2ccc(Br)cc2F)NN)CC1. The second kappa shape index (κ2) is 7.70. The molecule has 1 aromatic rings. The quantitative estimate of drug-likeness (QED) is 0.605. The van der Waals surface area contributed by atoms with Crippen molar-refractivity contribution in [2.75, 3.05) is 0 Å². The number of benzene rings is 1. The Bertz CT molecular complexity index is 456. The largest absolute Gasteiger partial charge is 0.271 e. The average Bonchev–Trinajstić information content (AvgIpc) is 2.47. The van der Waals surface area contributed by atoms with Gasteiger partial charge in [-0.1, -0.05) is 35.8 Å². The van der Waals surface area contributed by atoms with E-state index >= 15 is 0 Å². The van der Waals surface area contributed by atoms with Gasteiger partial charge in [-0.2, -0.15) is 0 Å². The maximum Gasteiger partial charge on any atom is 0.127 e. The fourth-order valence-corrected chi connectivity index (χ4v) is 3.83. The number of nitrogens with two attached hydrogens (primary N) is 1. The van der Waals surface area contributed by atoms with Gasteiger partial charge in [0.25, 0.3) is 0 Å². The second-order valence-electron chi connectivity index (χ2n) is 6.63. The van der Waals surface area contributed by atoms with Gasteiger partial charge in [-0.25, -0.2) is 4.39 Å². The molecular weight excluding hydrogens is 331 g/mol. The minimum atomic E-state index is -0.152. The van der Waals surface area contributed by atoms with Gasteiger partial charge >= 0.3 is 0 Å². The maximum absolute atomic E-state index is 14.0. The van der Waals surface area contributed by atoms with Crippen LogP contribution in [0.25, 0.3) is 0 Å². The van der Waals surface area contributed by atoms with Crippen molar-refractivity contribution in [3.05, 3.63) is 34.1 Å². The van der Waals surface area contributed by atoms with E-state index in [2.05, 4.69) is 35.2 Å². The first-order valence-electron chi connectivity index (χ1n) is 7.91. The van der Waals surface area contributed by atoms with E-state index in [0.717, 1.165) is 21.9 Å². The Morgan fingerprint density at radius 1 is 1.24 bits per heavy atom. The molecule has 3 N–H and O–H groups in total. The van der Waals surface area contributed by atoms with E-state index in [-0.39, 0.29) is 11.9 Å². The third-order valence-electron chi connectivity index (χ3n) is 5.00. The highest BCUT2D eigenvalue weighted by molar-refractivity contribution is 9.10. The van der Waals surface area contributed by atoms with Gasteiger partial charge in [-0.05, 0) is 67.6 Å². The summed E-state index contributed by atoms with van der Waals surface area (Å²) in [5.41, 5.74) is 3.67. The number of hydrogen-bond acceptors (Lipinski definition) is 2. The van der Waals surface area contributed by atoms with E-state index in [0.29, 0.717) is 12.3 Å². The zero-order chi connectivity index (χ0) is 15.4. The molecule has 2 rings (SSSR count). The number of halogens is 2. The second-order valence-corrected chi connectivity index (χ2v) is 7.55. The summed E-state index contributed by atoms with van der Waals surface area (Å²) in [5.74, 6) is 7.74. The first kappa shape index (κ1) is 16.9. The number of nitrogens with one attached hydrogen (secondary N) is 1. The van der Waals surface area contributed by atoms with Gasteiger partial charge < -0.3 is 0 Å². The first-order chi connectivity index (χ1) is 10.0. The predicted octanol–water partition coefficient (Wildman–Crippen LogP) is 4.43. The van der Waals surface area contributed by atoms with Crippen LogP contribution in [-0.2, 0) is 6.42 Å². The summed E-state index contributed by atoms with van der Waals surface area (Å²) in [4.78, 5) is 0. The maximum atomic E-state index is 14.0. The lowest BCUT2D eigenvalue weighted by Crippen LogP contribution is -2.44. The molecule has 0 bridgehead atoms. The minimum Gasteiger partial charge on any atom is -0.271 e. The number of hydrazine groups is 1. The Balaban J connectivity index is 1.97. The molecule has 1 aliphatic rings. The number of rotatable bonds is 5. The van der Waals surface area contributed by atoms with Crippen molar-refractivity contribution in [3.8, 4) is 0 Å². The van der Waals surface area contributed by atoms with Crippen LogP contribution in [0.3, 0.4) is 0 Å². The average molecular weight is 357 g/mol. The van der Waals surface area contributed by atoms with Crippen LogP contribution < -0.4 is 11.3 Å². The highest BCUT2D eigenvalue weighted by atomic mass is 79.9. The molecule has 0 aliphatic heterocycles. The lowest BCUT2D eigenvalue weighted by atomic mass is 9.74. The summed E-state index contributed by atoms with van der Waals surface area (Å²) in [5, 5.41) is 0. The topological polar surface area (TPSA) is 38.0 Å². The van der Waals surface area contributed by atoms with Gasteiger partial charge in [0.05, 0.1) is 0 Å². The van der Waals surface area contributed by atoms with Crippen LogP contribution in [-0.4, -0.2) is 6.04 Å². The van der Waals surface area contributed by atoms with Crippen LogP contribution in [0.1, 0.15) is 45.1 Å². The van der Waals surface area contributed by atoms with E-state index in [1.165, 1.54) is 31.7 Å². The van der Waals surface area contributed by atoms with Crippen LogP contribution in [0.5, 0.6) is 0 Å². The zero-order valence-corrected chi connectivity index (χ0v) is 14.5. The van der Waals surface area contributed by atoms with Gasteiger partial charge in [-0.15, -0.1) is 0 Å². The highest BCUT2D eigenvalue weighted by Crippen LogP contribution is 2.35. The fraction of sp³-hybridized carbons (Fsp3) is 0.647. The molecule has 1 aromatic carbocycles. The molecule has 4 heteroatoms. The molecular formula is C17H26BrFN2. The molecule has 0 radical (unpaired) electrons. The van der Waals surface area contributed by atoms with Crippen molar-refractivity contribution in [1.82, 2.24) is 5.43 Å². The van der Waals surface area contributed by atoms with Crippen LogP contribution in [0.15, 0.2) is 22.7 Å². The molecule has 118 valence electrons. The Kier molecular flexibility index (Phi) is 6.20. The van der Waals surface area contributed by atoms with Crippen molar-refractivity contribution in [2.45, 2.75) is 52.0 Å². The van der Waals surface area contributed by atoms with E-state index in [4.69, 9.17) is 5.84 Å². The molecule has 0 spiro atoms. The lowest BCUT2D eigenvalue weighted by Gasteiger charge is -2.35. The monoisotopic (exact) mass is 356 g/mol. The minimum absolute atomic E-state index is 0.152. The molecule has 0 aromatic heterocycles. The van der Waals surface area contributed by atoms with Crippen LogP contribution in [0, 0.1) is 23.6 Å².